The quantitative estimate of drug-likeness (QED) is 0.806. The molecule has 2 rings (SSSR count). The van der Waals surface area contributed by atoms with E-state index in [4.69, 9.17) is 10.5 Å². The van der Waals surface area contributed by atoms with E-state index in [0.29, 0.717) is 19.4 Å². The highest BCUT2D eigenvalue weighted by molar-refractivity contribution is 5.95. The van der Waals surface area contributed by atoms with E-state index in [1.807, 2.05) is 6.92 Å². The predicted molar refractivity (Wildman–Crippen MR) is 66.7 cm³/mol. The zero-order chi connectivity index (χ0) is 14.0. The third-order valence-electron chi connectivity index (χ3n) is 3.17. The van der Waals surface area contributed by atoms with E-state index < -0.39 is 23.1 Å². The second kappa shape index (κ2) is 5.52. The molecular formula is C13H16F2N2O2. The van der Waals surface area contributed by atoms with Crippen LogP contribution in [0.5, 0.6) is 0 Å². The van der Waals surface area contributed by atoms with E-state index in [1.165, 1.54) is 0 Å². The van der Waals surface area contributed by atoms with Crippen molar-refractivity contribution in [3.63, 3.8) is 0 Å². The van der Waals surface area contributed by atoms with Gasteiger partial charge < -0.3 is 15.8 Å². The standard InChI is InChI=1S/C13H16F2N2O2/c1-7-6-8(4-5-19-7)17-13(18)11-9(14)2-3-10(16)12(11)15/h2-3,7-8H,4-6,16H2,1H3,(H,17,18). The molecule has 1 heterocycles. The molecule has 19 heavy (non-hydrogen) atoms. The number of carbonyl (C=O) groups is 1. The molecule has 1 aromatic rings. The van der Waals surface area contributed by atoms with Gasteiger partial charge >= 0.3 is 0 Å². The maximum absolute atomic E-state index is 13.7. The normalized spacial score (nSPS) is 23.1. The summed E-state index contributed by atoms with van der Waals surface area (Å²) in [6.45, 7) is 2.41. The van der Waals surface area contributed by atoms with Gasteiger partial charge in [0.05, 0.1) is 11.8 Å². The second-order valence-corrected chi connectivity index (χ2v) is 4.70. The lowest BCUT2D eigenvalue weighted by molar-refractivity contribution is 0.0136. The number of nitrogen functional groups attached to an aromatic ring is 1. The molecule has 6 heteroatoms. The Kier molecular flexibility index (Phi) is 3.99. The van der Waals surface area contributed by atoms with Gasteiger partial charge in [-0.25, -0.2) is 8.78 Å². The number of halogens is 2. The third kappa shape index (κ3) is 3.01. The highest BCUT2D eigenvalue weighted by Crippen LogP contribution is 2.20. The predicted octanol–water partition coefficient (Wildman–Crippen LogP) is 1.84. The molecule has 0 bridgehead atoms. The van der Waals surface area contributed by atoms with Crippen LogP contribution in [0.25, 0.3) is 0 Å². The number of anilines is 1. The minimum absolute atomic E-state index is 0.0228. The smallest absolute Gasteiger partial charge is 0.257 e. The molecule has 2 atom stereocenters. The first-order valence-corrected chi connectivity index (χ1v) is 6.15. The van der Waals surface area contributed by atoms with Crippen molar-refractivity contribution >= 4 is 11.6 Å². The van der Waals surface area contributed by atoms with E-state index in [0.717, 1.165) is 12.1 Å². The van der Waals surface area contributed by atoms with Crippen LogP contribution in [0.4, 0.5) is 14.5 Å². The first kappa shape index (κ1) is 13.7. The molecule has 1 saturated heterocycles. The molecule has 0 aromatic heterocycles. The van der Waals surface area contributed by atoms with Crippen LogP contribution in [0.15, 0.2) is 12.1 Å². The van der Waals surface area contributed by atoms with Crippen molar-refractivity contribution in [3.05, 3.63) is 29.3 Å². The van der Waals surface area contributed by atoms with Crippen molar-refractivity contribution in [1.82, 2.24) is 5.32 Å². The molecular weight excluding hydrogens is 254 g/mol. The Labute approximate surface area is 109 Å². The van der Waals surface area contributed by atoms with E-state index >= 15 is 0 Å². The lowest BCUT2D eigenvalue weighted by atomic mass is 10.0. The molecule has 1 fully saturated rings. The van der Waals surface area contributed by atoms with Gasteiger partial charge in [0.1, 0.15) is 11.4 Å². The SMILES string of the molecule is CC1CC(NC(=O)c2c(F)ccc(N)c2F)CCO1. The Hall–Kier alpha value is -1.69. The molecule has 2 unspecified atom stereocenters. The number of nitrogens with two attached hydrogens (primary N) is 1. The van der Waals surface area contributed by atoms with Gasteiger partial charge in [0, 0.05) is 12.6 Å². The van der Waals surface area contributed by atoms with E-state index in [9.17, 15) is 13.6 Å². The summed E-state index contributed by atoms with van der Waals surface area (Å²) in [6, 6.07) is 1.94. The van der Waals surface area contributed by atoms with Crippen LogP contribution < -0.4 is 11.1 Å². The Bertz CT molecular complexity index is 494. The maximum Gasteiger partial charge on any atom is 0.257 e. The highest BCUT2D eigenvalue weighted by Gasteiger charge is 2.25. The number of benzene rings is 1. The van der Waals surface area contributed by atoms with Gasteiger partial charge in [-0.2, -0.15) is 0 Å². The molecule has 0 aliphatic carbocycles. The van der Waals surface area contributed by atoms with Gasteiger partial charge in [-0.1, -0.05) is 0 Å². The van der Waals surface area contributed by atoms with Crippen LogP contribution in [-0.2, 0) is 4.74 Å². The zero-order valence-electron chi connectivity index (χ0n) is 10.6. The van der Waals surface area contributed by atoms with Gasteiger partial charge in [-0.3, -0.25) is 4.79 Å². The van der Waals surface area contributed by atoms with Crippen molar-refractivity contribution in [2.75, 3.05) is 12.3 Å². The topological polar surface area (TPSA) is 64.4 Å². The van der Waals surface area contributed by atoms with E-state index in [1.54, 1.807) is 0 Å². The number of carbonyl (C=O) groups excluding carboxylic acids is 1. The molecule has 104 valence electrons. The average molecular weight is 270 g/mol. The van der Waals surface area contributed by atoms with Crippen molar-refractivity contribution in [1.29, 1.82) is 0 Å². The Balaban J connectivity index is 2.14. The zero-order valence-corrected chi connectivity index (χ0v) is 10.6. The van der Waals surface area contributed by atoms with Crippen molar-refractivity contribution in [3.8, 4) is 0 Å². The molecule has 1 amide bonds. The largest absolute Gasteiger partial charge is 0.396 e. The minimum Gasteiger partial charge on any atom is -0.396 e. The van der Waals surface area contributed by atoms with Crippen LogP contribution in [0.2, 0.25) is 0 Å². The molecule has 0 radical (unpaired) electrons. The summed E-state index contributed by atoms with van der Waals surface area (Å²) in [4.78, 5) is 11.9. The highest BCUT2D eigenvalue weighted by atomic mass is 19.1. The van der Waals surface area contributed by atoms with Crippen molar-refractivity contribution < 1.29 is 18.3 Å². The molecule has 1 aromatic carbocycles. The van der Waals surface area contributed by atoms with Crippen LogP contribution in [0, 0.1) is 11.6 Å². The number of ether oxygens (including phenoxy) is 1. The number of hydrogen-bond acceptors (Lipinski definition) is 3. The molecule has 3 N–H and O–H groups in total. The summed E-state index contributed by atoms with van der Waals surface area (Å²) >= 11 is 0. The van der Waals surface area contributed by atoms with Gasteiger partial charge in [0.25, 0.3) is 5.91 Å². The molecule has 0 saturated carbocycles. The number of hydrogen-bond donors (Lipinski definition) is 2. The minimum atomic E-state index is -1.02. The number of rotatable bonds is 2. The lowest BCUT2D eigenvalue weighted by Crippen LogP contribution is -2.41. The fraction of sp³-hybridized carbons (Fsp3) is 0.462. The fourth-order valence-electron chi connectivity index (χ4n) is 2.16. The Morgan fingerprint density at radius 1 is 1.47 bits per heavy atom. The molecule has 1 aliphatic rings. The Morgan fingerprint density at radius 2 is 2.21 bits per heavy atom. The molecule has 1 aliphatic heterocycles. The third-order valence-corrected chi connectivity index (χ3v) is 3.17. The summed E-state index contributed by atoms with van der Waals surface area (Å²) in [6.07, 6.45) is 1.27. The molecule has 4 nitrogen and oxygen atoms in total. The van der Waals surface area contributed by atoms with Crippen LogP contribution in [0.3, 0.4) is 0 Å². The van der Waals surface area contributed by atoms with E-state index in [2.05, 4.69) is 5.32 Å². The summed E-state index contributed by atoms with van der Waals surface area (Å²) in [5.41, 5.74) is 4.47. The van der Waals surface area contributed by atoms with Gasteiger partial charge in [0.15, 0.2) is 5.82 Å². The van der Waals surface area contributed by atoms with Gasteiger partial charge in [-0.15, -0.1) is 0 Å². The average Bonchev–Trinajstić information content (AvgIpc) is 2.34. The van der Waals surface area contributed by atoms with Gasteiger partial charge in [0.2, 0.25) is 0 Å². The van der Waals surface area contributed by atoms with Crippen LogP contribution in [0.1, 0.15) is 30.1 Å². The first-order valence-electron chi connectivity index (χ1n) is 6.15. The summed E-state index contributed by atoms with van der Waals surface area (Å²) in [5, 5.41) is 2.62. The number of amides is 1. The van der Waals surface area contributed by atoms with Crippen LogP contribution in [-0.4, -0.2) is 24.7 Å². The van der Waals surface area contributed by atoms with Crippen LogP contribution >= 0.6 is 0 Å². The van der Waals surface area contributed by atoms with Crippen molar-refractivity contribution in [2.45, 2.75) is 31.9 Å². The van der Waals surface area contributed by atoms with E-state index in [-0.39, 0.29) is 17.8 Å². The monoisotopic (exact) mass is 270 g/mol. The lowest BCUT2D eigenvalue weighted by Gasteiger charge is -2.28. The first-order chi connectivity index (χ1) is 8.99. The Morgan fingerprint density at radius 3 is 2.89 bits per heavy atom. The number of nitrogens with one attached hydrogen (secondary N) is 1. The maximum atomic E-state index is 13.7. The summed E-state index contributed by atoms with van der Waals surface area (Å²) < 4.78 is 32.6. The summed E-state index contributed by atoms with van der Waals surface area (Å²) in [7, 11) is 0. The van der Waals surface area contributed by atoms with Crippen molar-refractivity contribution in [2.24, 2.45) is 0 Å². The van der Waals surface area contributed by atoms with Gasteiger partial charge in [-0.05, 0) is 31.9 Å². The molecule has 0 spiro atoms. The summed E-state index contributed by atoms with van der Waals surface area (Å²) in [5.74, 6) is -2.71. The fourth-order valence-corrected chi connectivity index (χ4v) is 2.16. The second-order valence-electron chi connectivity index (χ2n) is 4.70.